The van der Waals surface area contributed by atoms with Gasteiger partial charge < -0.3 is 14.2 Å². The van der Waals surface area contributed by atoms with Crippen LogP contribution in [0.3, 0.4) is 0 Å². The third-order valence-corrected chi connectivity index (χ3v) is 17.5. The molecular weight excluding hydrogens is 1020 g/mol. The van der Waals surface area contributed by atoms with Gasteiger partial charge in [-0.25, -0.2) is 0 Å². The predicted molar refractivity (Wildman–Crippen MR) is 363 cm³/mol. The van der Waals surface area contributed by atoms with E-state index in [1.54, 1.807) is 0 Å². The van der Waals surface area contributed by atoms with Crippen molar-refractivity contribution < 1.29 is 28.6 Å². The van der Waals surface area contributed by atoms with Crippen molar-refractivity contribution >= 4 is 17.9 Å². The molecule has 1 atom stereocenters. The maximum absolute atomic E-state index is 13.0. The van der Waals surface area contributed by atoms with Crippen molar-refractivity contribution in [3.8, 4) is 0 Å². The molecule has 0 radical (unpaired) electrons. The molecule has 0 spiro atoms. The number of hydrogen-bond acceptors (Lipinski definition) is 6. The van der Waals surface area contributed by atoms with Crippen LogP contribution in [0, 0.1) is 0 Å². The number of unbranched alkanes of at least 4 members (excludes halogenated alkanes) is 56. The van der Waals surface area contributed by atoms with Crippen molar-refractivity contribution in [1.82, 2.24) is 0 Å². The molecule has 0 bridgehead atoms. The van der Waals surface area contributed by atoms with Crippen LogP contribution in [0.15, 0.2) is 24.3 Å². The van der Waals surface area contributed by atoms with E-state index in [4.69, 9.17) is 14.2 Å². The molecule has 0 aliphatic heterocycles. The Morgan fingerprint density at radius 2 is 0.434 bits per heavy atom. The van der Waals surface area contributed by atoms with Gasteiger partial charge in [-0.1, -0.05) is 385 Å². The Labute approximate surface area is 519 Å². The van der Waals surface area contributed by atoms with E-state index in [-0.39, 0.29) is 31.1 Å². The van der Waals surface area contributed by atoms with Gasteiger partial charge >= 0.3 is 17.9 Å². The van der Waals surface area contributed by atoms with Gasteiger partial charge in [0.15, 0.2) is 6.10 Å². The molecule has 0 fully saturated rings. The minimum Gasteiger partial charge on any atom is -0.462 e. The Morgan fingerprint density at radius 1 is 0.241 bits per heavy atom. The Balaban J connectivity index is 4.21. The fourth-order valence-corrected chi connectivity index (χ4v) is 11.8. The van der Waals surface area contributed by atoms with E-state index < -0.39 is 6.10 Å². The van der Waals surface area contributed by atoms with Gasteiger partial charge in [0.1, 0.15) is 13.2 Å². The topological polar surface area (TPSA) is 78.9 Å². The van der Waals surface area contributed by atoms with E-state index in [1.807, 2.05) is 0 Å². The molecule has 0 saturated carbocycles. The van der Waals surface area contributed by atoms with Crippen molar-refractivity contribution in [2.24, 2.45) is 0 Å². The largest absolute Gasteiger partial charge is 0.462 e. The summed E-state index contributed by atoms with van der Waals surface area (Å²) in [6.45, 7) is 6.71. The standard InChI is InChI=1S/C77H146O6/c1-4-7-10-13-16-19-22-25-28-31-33-35-36-37-38-39-40-41-42-43-45-46-49-52-55-58-61-64-67-70-76(79)82-73-74(72-81-75(78)69-66-63-60-57-54-51-48-30-27-24-21-18-15-12-9-6-3)83-77(80)71-68-65-62-59-56-53-50-47-44-34-32-29-26-23-20-17-14-11-8-5-2/h21,24,30,48,74H,4-20,22-23,25-29,31-47,49-73H2,1-3H3/b24-21-,48-30-. The molecule has 0 aromatic carbocycles. The Kier molecular flexibility index (Phi) is 70.5. The summed E-state index contributed by atoms with van der Waals surface area (Å²) >= 11 is 0. The molecule has 6 nitrogen and oxygen atoms in total. The lowest BCUT2D eigenvalue weighted by atomic mass is 10.0. The first-order chi connectivity index (χ1) is 41.0. The van der Waals surface area contributed by atoms with Gasteiger partial charge in [0.25, 0.3) is 0 Å². The van der Waals surface area contributed by atoms with Crippen molar-refractivity contribution in [3.05, 3.63) is 24.3 Å². The minimum absolute atomic E-state index is 0.0690. The maximum atomic E-state index is 13.0. The highest BCUT2D eigenvalue weighted by Gasteiger charge is 2.20. The summed E-state index contributed by atoms with van der Waals surface area (Å²) < 4.78 is 17.0. The normalized spacial score (nSPS) is 12.1. The third kappa shape index (κ3) is 70.5. The maximum Gasteiger partial charge on any atom is 0.306 e. The van der Waals surface area contributed by atoms with Crippen molar-refractivity contribution in [1.29, 1.82) is 0 Å². The number of hydrogen-bond donors (Lipinski definition) is 0. The van der Waals surface area contributed by atoms with Gasteiger partial charge in [-0.3, -0.25) is 14.4 Å². The number of carbonyl (C=O) groups is 3. The highest BCUT2D eigenvalue weighted by atomic mass is 16.6. The van der Waals surface area contributed by atoms with Crippen LogP contribution in [-0.2, 0) is 28.6 Å². The van der Waals surface area contributed by atoms with Gasteiger partial charge in [-0.2, -0.15) is 0 Å². The molecule has 0 amide bonds. The Morgan fingerprint density at radius 3 is 0.675 bits per heavy atom. The molecule has 6 heteroatoms. The first-order valence-electron chi connectivity index (χ1n) is 37.8. The molecule has 1 unspecified atom stereocenters. The number of rotatable bonds is 71. The van der Waals surface area contributed by atoms with Gasteiger partial charge in [0.05, 0.1) is 0 Å². The summed E-state index contributed by atoms with van der Waals surface area (Å²) in [4.78, 5) is 38.5. The Hall–Kier alpha value is -2.11. The lowest BCUT2D eigenvalue weighted by Gasteiger charge is -2.18. The zero-order valence-electron chi connectivity index (χ0n) is 56.5. The predicted octanol–water partition coefficient (Wildman–Crippen LogP) is 26.1. The first-order valence-corrected chi connectivity index (χ1v) is 37.8. The smallest absolute Gasteiger partial charge is 0.306 e. The lowest BCUT2D eigenvalue weighted by Crippen LogP contribution is -2.30. The van der Waals surface area contributed by atoms with E-state index in [2.05, 4.69) is 45.1 Å². The van der Waals surface area contributed by atoms with E-state index in [0.717, 1.165) is 77.0 Å². The molecule has 0 aromatic rings. The van der Waals surface area contributed by atoms with Crippen LogP contribution in [0.2, 0.25) is 0 Å². The van der Waals surface area contributed by atoms with E-state index in [9.17, 15) is 14.4 Å². The number of carbonyl (C=O) groups excluding carboxylic acids is 3. The third-order valence-electron chi connectivity index (χ3n) is 17.5. The van der Waals surface area contributed by atoms with Gasteiger partial charge in [-0.05, 0) is 51.4 Å². The van der Waals surface area contributed by atoms with Crippen molar-refractivity contribution in [2.75, 3.05) is 13.2 Å². The van der Waals surface area contributed by atoms with Crippen molar-refractivity contribution in [3.63, 3.8) is 0 Å². The second kappa shape index (κ2) is 72.4. The number of allylic oxidation sites excluding steroid dienone is 4. The summed E-state index contributed by atoms with van der Waals surface area (Å²) in [5.74, 6) is -0.847. The summed E-state index contributed by atoms with van der Waals surface area (Å²) in [5, 5.41) is 0. The highest BCUT2D eigenvalue weighted by Crippen LogP contribution is 2.20. The van der Waals surface area contributed by atoms with Gasteiger partial charge in [-0.15, -0.1) is 0 Å². The van der Waals surface area contributed by atoms with E-state index >= 15 is 0 Å². The minimum atomic E-state index is -0.775. The van der Waals surface area contributed by atoms with E-state index in [1.165, 1.54) is 315 Å². The molecule has 490 valence electrons. The molecule has 83 heavy (non-hydrogen) atoms. The molecule has 0 saturated heterocycles. The highest BCUT2D eigenvalue weighted by molar-refractivity contribution is 5.71. The molecule has 0 N–H and O–H groups in total. The van der Waals surface area contributed by atoms with Crippen LogP contribution in [0.25, 0.3) is 0 Å². The SMILES string of the molecule is CCCCCC/C=C\C/C=C\CCCCCCCC(=O)OCC(COC(=O)CCCCCCCCCCCCCCCCCCCCCCCCCCCCCCC)OC(=O)CCCCCCCCCCCCCCCCCCCCCC. The van der Waals surface area contributed by atoms with Crippen LogP contribution >= 0.6 is 0 Å². The van der Waals surface area contributed by atoms with Crippen LogP contribution in [0.5, 0.6) is 0 Å². The second-order valence-electron chi connectivity index (χ2n) is 25.9. The molecule has 0 aliphatic rings. The van der Waals surface area contributed by atoms with E-state index in [0.29, 0.717) is 19.3 Å². The van der Waals surface area contributed by atoms with Crippen LogP contribution in [-0.4, -0.2) is 37.2 Å². The molecular formula is C77H146O6. The fourth-order valence-electron chi connectivity index (χ4n) is 11.8. The molecule has 0 heterocycles. The summed E-state index contributed by atoms with van der Waals surface area (Å²) in [6, 6.07) is 0. The molecule has 0 aliphatic carbocycles. The van der Waals surface area contributed by atoms with Gasteiger partial charge in [0.2, 0.25) is 0 Å². The fraction of sp³-hybridized carbons (Fsp3) is 0.909. The monoisotopic (exact) mass is 1170 g/mol. The van der Waals surface area contributed by atoms with Crippen LogP contribution < -0.4 is 0 Å². The van der Waals surface area contributed by atoms with Crippen molar-refractivity contribution in [2.45, 2.75) is 438 Å². The first kappa shape index (κ1) is 80.9. The Bertz CT molecular complexity index is 1340. The number of esters is 3. The quantitative estimate of drug-likeness (QED) is 0.0261. The van der Waals surface area contributed by atoms with Gasteiger partial charge in [0, 0.05) is 19.3 Å². The average Bonchev–Trinajstić information content (AvgIpc) is 3.49. The summed E-state index contributed by atoms with van der Waals surface area (Å²) in [6.07, 6.45) is 89.4. The summed E-state index contributed by atoms with van der Waals surface area (Å²) in [7, 11) is 0. The zero-order valence-corrected chi connectivity index (χ0v) is 56.5. The second-order valence-corrected chi connectivity index (χ2v) is 25.9. The lowest BCUT2D eigenvalue weighted by molar-refractivity contribution is -0.167. The summed E-state index contributed by atoms with van der Waals surface area (Å²) in [5.41, 5.74) is 0. The molecule has 0 aromatic heterocycles. The number of ether oxygens (including phenoxy) is 3. The van der Waals surface area contributed by atoms with Crippen LogP contribution in [0.4, 0.5) is 0 Å². The molecule has 0 rings (SSSR count). The average molecular weight is 1170 g/mol. The zero-order chi connectivity index (χ0) is 59.9. The van der Waals surface area contributed by atoms with Crippen LogP contribution in [0.1, 0.15) is 432 Å².